The Morgan fingerprint density at radius 3 is 2.40 bits per heavy atom. The Labute approximate surface area is 91.3 Å². The summed E-state index contributed by atoms with van der Waals surface area (Å²) in [5, 5.41) is 13.7. The number of aryl methyl sites for hydroxylation is 3. The van der Waals surface area contributed by atoms with E-state index < -0.39 is 5.60 Å². The molecule has 0 radical (unpaired) electrons. The van der Waals surface area contributed by atoms with Crippen LogP contribution >= 0.6 is 0 Å². The molecule has 1 fully saturated rings. The summed E-state index contributed by atoms with van der Waals surface area (Å²) in [5.41, 5.74) is 4.20. The first-order chi connectivity index (χ1) is 7.03. The van der Waals surface area contributed by atoms with Crippen LogP contribution in [-0.4, -0.2) is 18.2 Å². The van der Waals surface area contributed by atoms with E-state index in [1.54, 1.807) is 0 Å². The molecular weight excluding hydrogens is 186 g/mol. The lowest BCUT2D eigenvalue weighted by molar-refractivity contribution is 0.0580. The summed E-state index contributed by atoms with van der Waals surface area (Å²) in [7, 11) is 0. The smallest absolute Gasteiger partial charge is 0.103 e. The fraction of sp³-hybridized carbons (Fsp3) is 0.538. The van der Waals surface area contributed by atoms with Gasteiger partial charge in [0.15, 0.2) is 0 Å². The van der Waals surface area contributed by atoms with Crippen LogP contribution in [0, 0.1) is 20.8 Å². The third-order valence-corrected chi connectivity index (χ3v) is 3.47. The standard InChI is InChI=1S/C13H19NO/c1-9-6-11(3)12(7-10(9)2)13(15)4-5-14-8-13/h6-7,14-15H,4-5,8H2,1-3H3. The minimum atomic E-state index is -0.650. The lowest BCUT2D eigenvalue weighted by Gasteiger charge is -2.25. The zero-order valence-electron chi connectivity index (χ0n) is 9.72. The quantitative estimate of drug-likeness (QED) is 0.732. The van der Waals surface area contributed by atoms with Crippen LogP contribution in [0.2, 0.25) is 0 Å². The first kappa shape index (κ1) is 10.7. The molecule has 1 saturated heterocycles. The van der Waals surface area contributed by atoms with E-state index in [1.807, 2.05) is 0 Å². The summed E-state index contributed by atoms with van der Waals surface area (Å²) in [5.74, 6) is 0. The molecule has 2 nitrogen and oxygen atoms in total. The van der Waals surface area contributed by atoms with E-state index in [1.165, 1.54) is 16.7 Å². The molecule has 0 spiro atoms. The van der Waals surface area contributed by atoms with Crippen LogP contribution in [0.1, 0.15) is 28.7 Å². The van der Waals surface area contributed by atoms with Crippen molar-refractivity contribution in [3.05, 3.63) is 34.4 Å². The minimum Gasteiger partial charge on any atom is -0.384 e. The van der Waals surface area contributed by atoms with Gasteiger partial charge in [0.05, 0.1) is 0 Å². The Morgan fingerprint density at radius 2 is 1.80 bits per heavy atom. The van der Waals surface area contributed by atoms with Crippen LogP contribution in [-0.2, 0) is 5.60 Å². The van der Waals surface area contributed by atoms with Gasteiger partial charge < -0.3 is 10.4 Å². The molecule has 2 rings (SSSR count). The van der Waals surface area contributed by atoms with E-state index in [2.05, 4.69) is 38.2 Å². The highest BCUT2D eigenvalue weighted by molar-refractivity contribution is 5.40. The highest BCUT2D eigenvalue weighted by Crippen LogP contribution is 2.31. The van der Waals surface area contributed by atoms with Crippen LogP contribution in [0.5, 0.6) is 0 Å². The third-order valence-electron chi connectivity index (χ3n) is 3.47. The Morgan fingerprint density at radius 1 is 1.13 bits per heavy atom. The van der Waals surface area contributed by atoms with Crippen LogP contribution in [0.4, 0.5) is 0 Å². The maximum atomic E-state index is 10.5. The average molecular weight is 205 g/mol. The molecule has 1 aliphatic rings. The lowest BCUT2D eigenvalue weighted by Crippen LogP contribution is -2.29. The molecule has 0 amide bonds. The zero-order chi connectivity index (χ0) is 11.1. The van der Waals surface area contributed by atoms with Gasteiger partial charge in [-0.2, -0.15) is 0 Å². The second kappa shape index (κ2) is 3.62. The molecule has 1 atom stereocenters. The number of benzene rings is 1. The first-order valence-electron chi connectivity index (χ1n) is 5.54. The highest BCUT2D eigenvalue weighted by Gasteiger charge is 2.34. The predicted octanol–water partition coefficient (Wildman–Crippen LogP) is 1.79. The summed E-state index contributed by atoms with van der Waals surface area (Å²) in [6, 6.07) is 4.30. The van der Waals surface area contributed by atoms with Crippen molar-refractivity contribution in [2.75, 3.05) is 13.1 Å². The van der Waals surface area contributed by atoms with Crippen LogP contribution in [0.3, 0.4) is 0 Å². The van der Waals surface area contributed by atoms with Gasteiger partial charge in [-0.05, 0) is 56.0 Å². The fourth-order valence-electron chi connectivity index (χ4n) is 2.37. The predicted molar refractivity (Wildman–Crippen MR) is 62.0 cm³/mol. The van der Waals surface area contributed by atoms with Crippen molar-refractivity contribution < 1.29 is 5.11 Å². The van der Waals surface area contributed by atoms with Crippen molar-refractivity contribution in [3.8, 4) is 0 Å². The molecule has 15 heavy (non-hydrogen) atoms. The molecule has 1 unspecified atom stereocenters. The van der Waals surface area contributed by atoms with E-state index in [9.17, 15) is 5.11 Å². The summed E-state index contributed by atoms with van der Waals surface area (Å²) >= 11 is 0. The van der Waals surface area contributed by atoms with Gasteiger partial charge in [0, 0.05) is 6.54 Å². The summed E-state index contributed by atoms with van der Waals surface area (Å²) in [6.45, 7) is 7.88. The topological polar surface area (TPSA) is 32.3 Å². The molecule has 1 aromatic rings. The van der Waals surface area contributed by atoms with Crippen molar-refractivity contribution in [3.63, 3.8) is 0 Å². The van der Waals surface area contributed by atoms with Gasteiger partial charge in [-0.25, -0.2) is 0 Å². The minimum absolute atomic E-state index is 0.650. The van der Waals surface area contributed by atoms with Crippen molar-refractivity contribution in [2.45, 2.75) is 32.8 Å². The Balaban J connectivity index is 2.48. The van der Waals surface area contributed by atoms with Crippen molar-refractivity contribution >= 4 is 0 Å². The second-order valence-electron chi connectivity index (χ2n) is 4.71. The Kier molecular flexibility index (Phi) is 2.57. The number of nitrogens with one attached hydrogen (secondary N) is 1. The van der Waals surface area contributed by atoms with E-state index in [0.717, 1.165) is 18.5 Å². The van der Waals surface area contributed by atoms with E-state index in [0.29, 0.717) is 6.54 Å². The molecule has 0 aromatic heterocycles. The van der Waals surface area contributed by atoms with Crippen molar-refractivity contribution in [2.24, 2.45) is 0 Å². The summed E-state index contributed by atoms with van der Waals surface area (Å²) < 4.78 is 0. The second-order valence-corrected chi connectivity index (χ2v) is 4.71. The normalized spacial score (nSPS) is 25.9. The SMILES string of the molecule is Cc1cc(C)c(C2(O)CCNC2)cc1C. The largest absolute Gasteiger partial charge is 0.384 e. The number of aliphatic hydroxyl groups is 1. The highest BCUT2D eigenvalue weighted by atomic mass is 16.3. The molecular formula is C13H19NO. The maximum absolute atomic E-state index is 10.5. The van der Waals surface area contributed by atoms with Gasteiger partial charge in [0.25, 0.3) is 0 Å². The lowest BCUT2D eigenvalue weighted by atomic mass is 9.87. The monoisotopic (exact) mass is 205 g/mol. The molecule has 1 heterocycles. The van der Waals surface area contributed by atoms with Crippen molar-refractivity contribution in [1.82, 2.24) is 5.32 Å². The number of hydrogen-bond acceptors (Lipinski definition) is 2. The summed E-state index contributed by atoms with van der Waals surface area (Å²) in [6.07, 6.45) is 0.816. The van der Waals surface area contributed by atoms with Crippen LogP contribution in [0.25, 0.3) is 0 Å². The molecule has 0 bridgehead atoms. The molecule has 2 heteroatoms. The zero-order valence-corrected chi connectivity index (χ0v) is 9.72. The Hall–Kier alpha value is -0.860. The van der Waals surface area contributed by atoms with Gasteiger partial charge in [0.1, 0.15) is 5.60 Å². The van der Waals surface area contributed by atoms with E-state index in [-0.39, 0.29) is 0 Å². The third kappa shape index (κ3) is 1.80. The molecule has 1 aliphatic heterocycles. The van der Waals surface area contributed by atoms with E-state index >= 15 is 0 Å². The van der Waals surface area contributed by atoms with Gasteiger partial charge in [0.2, 0.25) is 0 Å². The van der Waals surface area contributed by atoms with Gasteiger partial charge in [-0.15, -0.1) is 0 Å². The first-order valence-corrected chi connectivity index (χ1v) is 5.54. The number of rotatable bonds is 1. The molecule has 1 aromatic carbocycles. The maximum Gasteiger partial charge on any atom is 0.103 e. The molecule has 0 aliphatic carbocycles. The van der Waals surface area contributed by atoms with Gasteiger partial charge in [-0.1, -0.05) is 12.1 Å². The van der Waals surface area contributed by atoms with Crippen LogP contribution in [0.15, 0.2) is 12.1 Å². The fourth-order valence-corrected chi connectivity index (χ4v) is 2.37. The molecule has 0 saturated carbocycles. The Bertz CT molecular complexity index is 378. The van der Waals surface area contributed by atoms with Crippen LogP contribution < -0.4 is 5.32 Å². The van der Waals surface area contributed by atoms with Crippen molar-refractivity contribution in [1.29, 1.82) is 0 Å². The average Bonchev–Trinajstić information content (AvgIpc) is 2.60. The van der Waals surface area contributed by atoms with Gasteiger partial charge >= 0.3 is 0 Å². The van der Waals surface area contributed by atoms with E-state index in [4.69, 9.17) is 0 Å². The molecule has 2 N–H and O–H groups in total. The molecule has 82 valence electrons. The summed E-state index contributed by atoms with van der Waals surface area (Å²) in [4.78, 5) is 0. The number of hydrogen-bond donors (Lipinski definition) is 2. The van der Waals surface area contributed by atoms with Gasteiger partial charge in [-0.3, -0.25) is 0 Å². The number of β-amino-alcohol motifs (C(OH)–C–C–N with tert-alkyl or cyclic N) is 1.